The van der Waals surface area contributed by atoms with Gasteiger partial charge in [-0.1, -0.05) is 12.1 Å². The Morgan fingerprint density at radius 2 is 1.68 bits per heavy atom. The van der Waals surface area contributed by atoms with Crippen molar-refractivity contribution in [3.63, 3.8) is 0 Å². The molecule has 0 radical (unpaired) electrons. The van der Waals surface area contributed by atoms with Crippen LogP contribution in [0.25, 0.3) is 0 Å². The molecule has 0 aromatic heterocycles. The molecule has 0 bridgehead atoms. The van der Waals surface area contributed by atoms with Crippen LogP contribution in [0.3, 0.4) is 0 Å². The van der Waals surface area contributed by atoms with Crippen molar-refractivity contribution in [3.8, 4) is 0 Å². The third-order valence-corrected chi connectivity index (χ3v) is 3.40. The molecule has 0 unspecified atom stereocenters. The van der Waals surface area contributed by atoms with Gasteiger partial charge < -0.3 is 15.5 Å². The summed E-state index contributed by atoms with van der Waals surface area (Å²) in [5.41, 5.74) is 5.13. The number of hydrogen-bond acceptors (Lipinski definition) is 2. The van der Waals surface area contributed by atoms with Crippen molar-refractivity contribution in [2.45, 2.75) is 6.18 Å². The second kappa shape index (κ2) is 5.24. The third-order valence-electron chi connectivity index (χ3n) is 3.14. The van der Waals surface area contributed by atoms with E-state index in [4.69, 9.17) is 18.0 Å². The average molecular weight is 289 g/mol. The lowest BCUT2D eigenvalue weighted by Crippen LogP contribution is -2.50. The zero-order valence-electron chi connectivity index (χ0n) is 10.2. The number of halogens is 3. The Balaban J connectivity index is 2.18. The number of hydrogen-bond donors (Lipinski definition) is 1. The van der Waals surface area contributed by atoms with Crippen molar-refractivity contribution in [1.82, 2.24) is 4.90 Å². The maximum Gasteiger partial charge on any atom is 0.418 e. The summed E-state index contributed by atoms with van der Waals surface area (Å²) in [5, 5.41) is 0.295. The highest BCUT2D eigenvalue weighted by Gasteiger charge is 2.35. The molecule has 0 amide bonds. The molecule has 0 saturated carbocycles. The van der Waals surface area contributed by atoms with Gasteiger partial charge >= 0.3 is 6.18 Å². The largest absolute Gasteiger partial charge is 0.418 e. The van der Waals surface area contributed by atoms with Crippen LogP contribution < -0.4 is 10.6 Å². The molecule has 3 nitrogen and oxygen atoms in total. The first-order valence-corrected chi connectivity index (χ1v) is 6.26. The first kappa shape index (κ1) is 13.9. The van der Waals surface area contributed by atoms with Gasteiger partial charge in [0.15, 0.2) is 5.11 Å². The van der Waals surface area contributed by atoms with Gasteiger partial charge in [-0.3, -0.25) is 0 Å². The first-order valence-electron chi connectivity index (χ1n) is 5.85. The van der Waals surface area contributed by atoms with Gasteiger partial charge in [0.05, 0.1) is 5.56 Å². The average Bonchev–Trinajstić information content (AvgIpc) is 2.38. The first-order chi connectivity index (χ1) is 8.89. The fraction of sp³-hybridized carbons (Fsp3) is 0.417. The summed E-state index contributed by atoms with van der Waals surface area (Å²) in [6.07, 6.45) is -4.34. The van der Waals surface area contributed by atoms with Gasteiger partial charge in [0.25, 0.3) is 0 Å². The molecule has 0 aliphatic carbocycles. The Kier molecular flexibility index (Phi) is 3.84. The minimum atomic E-state index is -4.34. The van der Waals surface area contributed by atoms with Gasteiger partial charge in [-0.25, -0.2) is 0 Å². The van der Waals surface area contributed by atoms with E-state index in [1.54, 1.807) is 15.9 Å². The Labute approximate surface area is 114 Å². The number of piperazine rings is 1. The molecule has 1 aliphatic heterocycles. The summed E-state index contributed by atoms with van der Waals surface area (Å²) in [7, 11) is 0. The molecular formula is C12H14F3N3S. The van der Waals surface area contributed by atoms with Gasteiger partial charge in [0.2, 0.25) is 0 Å². The lowest BCUT2D eigenvalue weighted by molar-refractivity contribution is -0.137. The van der Waals surface area contributed by atoms with Gasteiger partial charge in [0, 0.05) is 31.9 Å². The number of para-hydroxylation sites is 1. The van der Waals surface area contributed by atoms with E-state index in [0.717, 1.165) is 6.07 Å². The quantitative estimate of drug-likeness (QED) is 0.802. The number of alkyl halides is 3. The van der Waals surface area contributed by atoms with Crippen LogP contribution >= 0.6 is 12.2 Å². The standard InChI is InChI=1S/C12H14F3N3S/c13-12(14,15)9-3-1-2-4-10(9)17-5-7-18(8-6-17)11(16)19/h1-4H,5-8H2,(H2,16,19). The molecule has 0 atom stereocenters. The smallest absolute Gasteiger partial charge is 0.376 e. The summed E-state index contributed by atoms with van der Waals surface area (Å²) in [6.45, 7) is 2.04. The number of thiocarbonyl (C=S) groups is 1. The van der Waals surface area contributed by atoms with E-state index < -0.39 is 11.7 Å². The highest BCUT2D eigenvalue weighted by molar-refractivity contribution is 7.80. The molecule has 1 aliphatic rings. The molecule has 1 fully saturated rings. The van der Waals surface area contributed by atoms with Crippen LogP contribution in [0, 0.1) is 0 Å². The van der Waals surface area contributed by atoms with E-state index in [1.165, 1.54) is 12.1 Å². The molecule has 0 spiro atoms. The molecule has 7 heteroatoms. The monoisotopic (exact) mass is 289 g/mol. The van der Waals surface area contributed by atoms with E-state index in [2.05, 4.69) is 0 Å². The van der Waals surface area contributed by atoms with Crippen molar-refractivity contribution in [2.24, 2.45) is 5.73 Å². The molecule has 2 N–H and O–H groups in total. The van der Waals surface area contributed by atoms with Crippen LogP contribution in [0.2, 0.25) is 0 Å². The van der Waals surface area contributed by atoms with Crippen LogP contribution in [0.15, 0.2) is 24.3 Å². The maximum absolute atomic E-state index is 12.9. The van der Waals surface area contributed by atoms with Crippen molar-refractivity contribution in [3.05, 3.63) is 29.8 Å². The highest BCUT2D eigenvalue weighted by Crippen LogP contribution is 2.36. The lowest BCUT2D eigenvalue weighted by atomic mass is 10.1. The van der Waals surface area contributed by atoms with Crippen LogP contribution in [0.1, 0.15) is 5.56 Å². The molecule has 1 saturated heterocycles. The predicted molar refractivity (Wildman–Crippen MR) is 72.0 cm³/mol. The molecule has 2 rings (SSSR count). The van der Waals surface area contributed by atoms with E-state index in [0.29, 0.717) is 31.3 Å². The van der Waals surface area contributed by atoms with Crippen molar-refractivity contribution in [1.29, 1.82) is 0 Å². The summed E-state index contributed by atoms with van der Waals surface area (Å²) in [5.74, 6) is 0. The van der Waals surface area contributed by atoms with E-state index in [-0.39, 0.29) is 5.69 Å². The van der Waals surface area contributed by atoms with E-state index in [1.807, 2.05) is 0 Å². The predicted octanol–water partition coefficient (Wildman–Crippen LogP) is 2.07. The fourth-order valence-corrected chi connectivity index (χ4v) is 2.34. The second-order valence-corrected chi connectivity index (χ2v) is 4.75. The number of rotatable bonds is 1. The van der Waals surface area contributed by atoms with Crippen molar-refractivity contribution >= 4 is 23.0 Å². The van der Waals surface area contributed by atoms with E-state index in [9.17, 15) is 13.2 Å². The lowest BCUT2D eigenvalue weighted by Gasteiger charge is -2.37. The fourth-order valence-electron chi connectivity index (χ4n) is 2.16. The van der Waals surface area contributed by atoms with E-state index >= 15 is 0 Å². The maximum atomic E-state index is 12.9. The topological polar surface area (TPSA) is 32.5 Å². The number of benzene rings is 1. The van der Waals surface area contributed by atoms with Gasteiger partial charge in [-0.15, -0.1) is 0 Å². The summed E-state index contributed by atoms with van der Waals surface area (Å²) >= 11 is 4.86. The SMILES string of the molecule is NC(=S)N1CCN(c2ccccc2C(F)(F)F)CC1. The van der Waals surface area contributed by atoms with Gasteiger partial charge in [0.1, 0.15) is 0 Å². The van der Waals surface area contributed by atoms with Crippen LogP contribution in [-0.4, -0.2) is 36.2 Å². The van der Waals surface area contributed by atoms with Crippen LogP contribution in [0.5, 0.6) is 0 Å². The van der Waals surface area contributed by atoms with Crippen LogP contribution in [0.4, 0.5) is 18.9 Å². The Morgan fingerprint density at radius 3 is 2.21 bits per heavy atom. The molecular weight excluding hydrogens is 275 g/mol. The second-order valence-electron chi connectivity index (χ2n) is 4.33. The normalized spacial score (nSPS) is 16.6. The van der Waals surface area contributed by atoms with Gasteiger partial charge in [-0.05, 0) is 24.4 Å². The summed E-state index contributed by atoms with van der Waals surface area (Å²) < 4.78 is 38.8. The number of nitrogens with two attached hydrogens (primary N) is 1. The minimum Gasteiger partial charge on any atom is -0.376 e. The molecule has 1 aromatic rings. The summed E-state index contributed by atoms with van der Waals surface area (Å²) in [4.78, 5) is 3.51. The highest BCUT2D eigenvalue weighted by atomic mass is 32.1. The van der Waals surface area contributed by atoms with Crippen molar-refractivity contribution in [2.75, 3.05) is 31.1 Å². The van der Waals surface area contributed by atoms with Gasteiger partial charge in [-0.2, -0.15) is 13.2 Å². The minimum absolute atomic E-state index is 0.220. The zero-order valence-corrected chi connectivity index (χ0v) is 11.0. The third kappa shape index (κ3) is 3.09. The molecule has 1 aromatic carbocycles. The zero-order chi connectivity index (χ0) is 14.0. The van der Waals surface area contributed by atoms with Crippen molar-refractivity contribution < 1.29 is 13.2 Å². The molecule has 19 heavy (non-hydrogen) atoms. The Bertz CT molecular complexity index is 468. The number of nitrogens with zero attached hydrogens (tertiary/aromatic N) is 2. The Hall–Kier alpha value is -1.50. The molecule has 104 valence electrons. The van der Waals surface area contributed by atoms with Crippen LogP contribution in [-0.2, 0) is 6.18 Å². The Morgan fingerprint density at radius 1 is 1.11 bits per heavy atom. The summed E-state index contributed by atoms with van der Waals surface area (Å²) in [6, 6.07) is 5.62. The number of anilines is 1. The molecule has 1 heterocycles.